The molecule has 8 heteroatoms. The van der Waals surface area contributed by atoms with Crippen LogP contribution in [0.3, 0.4) is 0 Å². The van der Waals surface area contributed by atoms with Gasteiger partial charge in [-0.05, 0) is 30.0 Å². The Morgan fingerprint density at radius 3 is 2.81 bits per heavy atom. The number of esters is 1. The number of hydrazone groups is 1. The van der Waals surface area contributed by atoms with E-state index in [2.05, 4.69) is 21.4 Å². The molecule has 27 heavy (non-hydrogen) atoms. The van der Waals surface area contributed by atoms with Crippen LogP contribution in [0, 0.1) is 0 Å². The van der Waals surface area contributed by atoms with E-state index in [1.54, 1.807) is 19.3 Å². The first-order valence-corrected chi connectivity index (χ1v) is 8.73. The number of thioether (sulfide) groups is 1. The summed E-state index contributed by atoms with van der Waals surface area (Å²) in [4.78, 5) is 28.0. The van der Waals surface area contributed by atoms with E-state index in [1.807, 2.05) is 30.3 Å². The molecule has 0 aliphatic carbocycles. The zero-order chi connectivity index (χ0) is 19.6. The van der Waals surface area contributed by atoms with Gasteiger partial charge >= 0.3 is 5.97 Å². The number of hydrogen-bond donors (Lipinski definition) is 0. The Hall–Kier alpha value is -3.13. The summed E-state index contributed by atoms with van der Waals surface area (Å²) in [7, 11) is 2.84. The number of para-hydroxylation sites is 1. The first-order chi connectivity index (χ1) is 13.1. The van der Waals surface area contributed by atoms with Crippen molar-refractivity contribution in [1.29, 1.82) is 0 Å². The van der Waals surface area contributed by atoms with Gasteiger partial charge in [-0.25, -0.2) is 9.80 Å². The van der Waals surface area contributed by atoms with Gasteiger partial charge in [0.05, 0.1) is 26.8 Å². The van der Waals surface area contributed by atoms with Crippen LogP contribution in [0.25, 0.3) is 6.08 Å². The minimum absolute atomic E-state index is 0.0802. The molecule has 1 aliphatic heterocycles. The van der Waals surface area contributed by atoms with Crippen molar-refractivity contribution in [2.75, 3.05) is 20.8 Å². The van der Waals surface area contributed by atoms with E-state index >= 15 is 0 Å². The van der Waals surface area contributed by atoms with Crippen molar-refractivity contribution >= 4 is 40.3 Å². The van der Waals surface area contributed by atoms with Crippen LogP contribution >= 0.6 is 11.8 Å². The number of ether oxygens (including phenoxy) is 2. The highest BCUT2D eigenvalue weighted by atomic mass is 32.2. The number of benzene rings is 1. The van der Waals surface area contributed by atoms with Gasteiger partial charge in [0.15, 0.2) is 5.17 Å². The molecule has 2 rings (SSSR count). The predicted molar refractivity (Wildman–Crippen MR) is 108 cm³/mol. The lowest BCUT2D eigenvalue weighted by Gasteiger charge is -2.11. The average molecular weight is 385 g/mol. The molecule has 0 radical (unpaired) electrons. The summed E-state index contributed by atoms with van der Waals surface area (Å²) in [5, 5.41) is 5.57. The summed E-state index contributed by atoms with van der Waals surface area (Å²) in [6.45, 7) is 3.93. The fraction of sp³-hybridized carbons (Fsp3) is 0.158. The number of carbonyl (C=O) groups excluding carboxylic acids is 2. The Labute approximate surface area is 161 Å². The van der Waals surface area contributed by atoms with Gasteiger partial charge < -0.3 is 9.47 Å². The largest absolute Gasteiger partial charge is 0.496 e. The Morgan fingerprint density at radius 2 is 2.11 bits per heavy atom. The lowest BCUT2D eigenvalue weighted by Crippen LogP contribution is -2.18. The predicted octanol–water partition coefficient (Wildman–Crippen LogP) is 2.87. The molecular formula is C19H19N3O4S. The summed E-state index contributed by atoms with van der Waals surface area (Å²) < 4.78 is 9.88. The van der Waals surface area contributed by atoms with Gasteiger partial charge in [0.1, 0.15) is 11.4 Å². The van der Waals surface area contributed by atoms with Crippen molar-refractivity contribution in [3.8, 4) is 5.75 Å². The molecule has 0 unspecified atom stereocenters. The third-order valence-electron chi connectivity index (χ3n) is 3.30. The van der Waals surface area contributed by atoms with E-state index in [4.69, 9.17) is 4.74 Å². The summed E-state index contributed by atoms with van der Waals surface area (Å²) in [6.07, 6.45) is 7.71. The summed E-state index contributed by atoms with van der Waals surface area (Å²) in [5.41, 5.74) is 0.959. The Bertz CT molecular complexity index is 843. The van der Waals surface area contributed by atoms with Gasteiger partial charge in [0.25, 0.3) is 0 Å². The highest BCUT2D eigenvalue weighted by Gasteiger charge is 2.33. The van der Waals surface area contributed by atoms with Crippen LogP contribution in [0.1, 0.15) is 5.56 Å². The molecule has 1 aromatic carbocycles. The van der Waals surface area contributed by atoms with E-state index in [0.29, 0.717) is 11.7 Å². The number of rotatable bonds is 7. The molecule has 1 aliphatic rings. The smallest absolute Gasteiger partial charge is 0.332 e. The number of methoxy groups -OCH3 is 2. The SMILES string of the molecule is C=CCN=C1SC(=O)/C(=C\C(=O)OC)N1/N=C/C=C/c1ccccc1OC. The van der Waals surface area contributed by atoms with E-state index in [9.17, 15) is 9.59 Å². The van der Waals surface area contributed by atoms with Crippen molar-refractivity contribution in [1.82, 2.24) is 5.01 Å². The number of allylic oxidation sites excluding steroid dienone is 1. The second-order valence-electron chi connectivity index (χ2n) is 5.03. The molecule has 0 aromatic heterocycles. The summed E-state index contributed by atoms with van der Waals surface area (Å²) in [6, 6.07) is 7.53. The maximum absolute atomic E-state index is 12.2. The van der Waals surface area contributed by atoms with Crippen LogP contribution in [0.4, 0.5) is 0 Å². The van der Waals surface area contributed by atoms with Gasteiger partial charge in [-0.1, -0.05) is 24.3 Å². The minimum atomic E-state index is -0.645. The standard InChI is InChI=1S/C19H19N3O4S/c1-4-11-20-19-22(15(18(24)27-19)13-17(23)26-3)21-12-7-9-14-8-5-6-10-16(14)25-2/h4-10,12-13H,1,11H2,2-3H3/b9-7+,15-13+,20-19?,21-12+. The van der Waals surface area contributed by atoms with Crippen LogP contribution in [0.2, 0.25) is 0 Å². The molecule has 0 amide bonds. The molecule has 0 bridgehead atoms. The van der Waals surface area contributed by atoms with Crippen LogP contribution < -0.4 is 4.74 Å². The molecule has 0 N–H and O–H groups in total. The third-order valence-corrected chi connectivity index (χ3v) is 4.18. The monoisotopic (exact) mass is 385 g/mol. The van der Waals surface area contributed by atoms with Gasteiger partial charge in [-0.15, -0.1) is 6.58 Å². The van der Waals surface area contributed by atoms with Gasteiger partial charge in [-0.2, -0.15) is 5.10 Å². The number of carbonyl (C=O) groups is 2. The molecule has 1 aromatic rings. The Balaban J connectivity index is 2.26. The first-order valence-electron chi connectivity index (χ1n) is 7.91. The van der Waals surface area contributed by atoms with Crippen molar-refractivity contribution in [2.24, 2.45) is 10.1 Å². The van der Waals surface area contributed by atoms with Gasteiger partial charge in [0, 0.05) is 11.8 Å². The van der Waals surface area contributed by atoms with Crippen LogP contribution in [-0.4, -0.2) is 48.2 Å². The van der Waals surface area contributed by atoms with Crippen LogP contribution in [0.5, 0.6) is 5.75 Å². The molecule has 0 saturated carbocycles. The van der Waals surface area contributed by atoms with Crippen molar-refractivity contribution < 1.29 is 19.1 Å². The summed E-state index contributed by atoms with van der Waals surface area (Å²) in [5.74, 6) is 0.0854. The lowest BCUT2D eigenvalue weighted by molar-refractivity contribution is -0.135. The Kier molecular flexibility index (Phi) is 7.57. The quantitative estimate of drug-likeness (QED) is 0.311. The lowest BCUT2D eigenvalue weighted by atomic mass is 10.2. The zero-order valence-electron chi connectivity index (χ0n) is 15.0. The van der Waals surface area contributed by atoms with E-state index in [-0.39, 0.29) is 10.8 Å². The average Bonchev–Trinajstić information content (AvgIpc) is 2.98. The second-order valence-corrected chi connectivity index (χ2v) is 5.97. The topological polar surface area (TPSA) is 80.6 Å². The van der Waals surface area contributed by atoms with E-state index in [0.717, 1.165) is 29.2 Å². The molecule has 0 spiro atoms. The number of hydrogen-bond acceptors (Lipinski definition) is 7. The number of aliphatic imine (C=N–C) groups is 1. The maximum atomic E-state index is 12.2. The van der Waals surface area contributed by atoms with E-state index in [1.165, 1.54) is 18.3 Å². The molecule has 7 nitrogen and oxygen atoms in total. The Morgan fingerprint density at radius 1 is 1.33 bits per heavy atom. The van der Waals surface area contributed by atoms with Gasteiger partial charge in [0.2, 0.25) is 5.12 Å². The number of nitrogens with zero attached hydrogens (tertiary/aromatic N) is 3. The van der Waals surface area contributed by atoms with Crippen molar-refractivity contribution in [3.05, 3.63) is 60.3 Å². The fourth-order valence-corrected chi connectivity index (χ4v) is 2.85. The van der Waals surface area contributed by atoms with Crippen molar-refractivity contribution in [3.63, 3.8) is 0 Å². The fourth-order valence-electron chi connectivity index (χ4n) is 2.07. The maximum Gasteiger partial charge on any atom is 0.332 e. The minimum Gasteiger partial charge on any atom is -0.496 e. The zero-order valence-corrected chi connectivity index (χ0v) is 15.8. The first kappa shape index (κ1) is 20.2. The van der Waals surface area contributed by atoms with Crippen molar-refractivity contribution in [2.45, 2.75) is 0 Å². The molecular weight excluding hydrogens is 366 g/mol. The van der Waals surface area contributed by atoms with Crippen LogP contribution in [-0.2, 0) is 14.3 Å². The number of amidine groups is 1. The molecule has 1 heterocycles. The highest BCUT2D eigenvalue weighted by molar-refractivity contribution is 8.27. The normalized spacial score (nSPS) is 17.4. The van der Waals surface area contributed by atoms with Gasteiger partial charge in [-0.3, -0.25) is 9.79 Å². The molecule has 1 saturated heterocycles. The second kappa shape index (κ2) is 10.1. The highest BCUT2D eigenvalue weighted by Crippen LogP contribution is 2.29. The summed E-state index contributed by atoms with van der Waals surface area (Å²) >= 11 is 0.890. The van der Waals surface area contributed by atoms with E-state index < -0.39 is 5.97 Å². The molecule has 140 valence electrons. The molecule has 0 atom stereocenters. The third kappa shape index (κ3) is 5.42. The molecule has 1 fully saturated rings. The van der Waals surface area contributed by atoms with Crippen LogP contribution in [0.15, 0.2) is 64.9 Å².